The van der Waals surface area contributed by atoms with Gasteiger partial charge in [-0.15, -0.1) is 5.06 Å². The van der Waals surface area contributed by atoms with Gasteiger partial charge >= 0.3 is 24.2 Å². The van der Waals surface area contributed by atoms with E-state index in [1.165, 1.54) is 31.2 Å². The van der Waals surface area contributed by atoms with E-state index >= 15 is 0 Å². The minimum absolute atomic E-state index is 0.0297. The molecule has 2 aliphatic rings. The molecule has 0 unspecified atom stereocenters. The van der Waals surface area contributed by atoms with Crippen LogP contribution in [0.1, 0.15) is 36.8 Å². The number of nitrogens with one attached hydrogen (secondary N) is 2. The molecule has 0 saturated carbocycles. The lowest BCUT2D eigenvalue weighted by molar-refractivity contribution is -0.249. The minimum atomic E-state index is -5.27. The number of hydrogen-bond acceptors (Lipinski definition) is 9. The highest BCUT2D eigenvalue weighted by molar-refractivity contribution is 5.89. The van der Waals surface area contributed by atoms with Crippen LogP contribution < -0.4 is 15.8 Å². The van der Waals surface area contributed by atoms with E-state index in [0.29, 0.717) is 22.2 Å². The molecule has 0 aliphatic carbocycles. The van der Waals surface area contributed by atoms with Gasteiger partial charge in [0.2, 0.25) is 11.8 Å². The molecule has 1 saturated heterocycles. The summed E-state index contributed by atoms with van der Waals surface area (Å²) in [5.74, 6) is -5.70. The van der Waals surface area contributed by atoms with Crippen LogP contribution in [-0.2, 0) is 35.6 Å². The van der Waals surface area contributed by atoms with E-state index in [1.807, 2.05) is 12.1 Å². The minimum Gasteiger partial charge on any atom is -0.360 e. The summed E-state index contributed by atoms with van der Waals surface area (Å²) >= 11 is 0. The van der Waals surface area contributed by atoms with Crippen LogP contribution in [0.15, 0.2) is 59.7 Å². The molecule has 1 fully saturated rings. The summed E-state index contributed by atoms with van der Waals surface area (Å²) in [5, 5.41) is 9.40. The average molecular weight is 618 g/mol. The van der Waals surface area contributed by atoms with Crippen LogP contribution in [0.2, 0.25) is 0 Å². The van der Waals surface area contributed by atoms with E-state index in [1.54, 1.807) is 18.2 Å². The first kappa shape index (κ1) is 31.6. The number of hydroxylamine groups is 2. The molecule has 0 radical (unpaired) electrons. The zero-order valence-electron chi connectivity index (χ0n) is 22.3. The Kier molecular flexibility index (Phi) is 9.44. The first-order valence-electron chi connectivity index (χ1n) is 12.8. The predicted molar refractivity (Wildman–Crippen MR) is 135 cm³/mol. The maximum Gasteiger partial charge on any atom is 0.492 e. The highest BCUT2D eigenvalue weighted by Gasteiger charge is 2.46. The van der Waals surface area contributed by atoms with Crippen LogP contribution in [0.5, 0.6) is 0 Å². The molecule has 232 valence electrons. The standard InChI is InChI=1S/C26H25F6N5O6/c1-15(21(38)33-14-16-7-9-19(10-8-16)37-35-23(42-43-37)25(27,28)29)34-22(39)20-13-18(17-5-3-2-4-6-17)11-12-36(20)41-24(40)26(30,31)32/h2-10,15,18,20H,11-14H2,1H3,(H,33,38)(H,34,39)/t15-,18-,20+/m0/s1. The third-order valence-electron chi connectivity index (χ3n) is 6.55. The molecule has 2 aromatic rings. The van der Waals surface area contributed by atoms with Crippen molar-refractivity contribution in [2.24, 2.45) is 5.10 Å². The fourth-order valence-electron chi connectivity index (χ4n) is 4.33. The topological polar surface area (TPSA) is 122 Å². The van der Waals surface area contributed by atoms with Crippen LogP contribution in [0.25, 0.3) is 0 Å². The van der Waals surface area contributed by atoms with E-state index < -0.39 is 48.1 Å². The van der Waals surface area contributed by atoms with Crippen LogP contribution >= 0.6 is 0 Å². The van der Waals surface area contributed by atoms with E-state index in [2.05, 4.69) is 30.4 Å². The number of nitrogens with zero attached hydrogens (tertiary/aromatic N) is 3. The summed E-state index contributed by atoms with van der Waals surface area (Å²) in [6.45, 7) is 1.18. The van der Waals surface area contributed by atoms with Crippen LogP contribution in [0, 0.1) is 0 Å². The van der Waals surface area contributed by atoms with Crippen molar-refractivity contribution in [1.29, 1.82) is 0 Å². The predicted octanol–water partition coefficient (Wildman–Crippen LogP) is 3.64. The Morgan fingerprint density at radius 3 is 2.33 bits per heavy atom. The molecular weight excluding hydrogens is 592 g/mol. The molecule has 3 atom stereocenters. The molecule has 0 aromatic heterocycles. The van der Waals surface area contributed by atoms with Crippen molar-refractivity contribution >= 4 is 29.4 Å². The largest absolute Gasteiger partial charge is 0.492 e. The van der Waals surface area contributed by atoms with Crippen molar-refractivity contribution in [2.45, 2.75) is 56.7 Å². The van der Waals surface area contributed by atoms with Gasteiger partial charge in [-0.3, -0.25) is 14.5 Å². The molecule has 17 heteroatoms. The van der Waals surface area contributed by atoms with Gasteiger partial charge in [-0.2, -0.15) is 26.3 Å². The van der Waals surface area contributed by atoms with Crippen molar-refractivity contribution < 1.29 is 55.4 Å². The molecule has 2 heterocycles. The third kappa shape index (κ3) is 8.13. The molecule has 43 heavy (non-hydrogen) atoms. The normalized spacial score (nSPS) is 20.1. The SMILES string of the molecule is C[C@H](NC(=O)[C@H]1C[C@@H](c2ccccc2)CCN1OC(=O)C(F)(F)F)C(=O)NCc1ccc(N2N=C(C(F)(F)F)OO2)cc1. The number of rotatable bonds is 8. The zero-order chi connectivity index (χ0) is 31.4. The zero-order valence-corrected chi connectivity index (χ0v) is 22.3. The number of alkyl halides is 6. The number of halogens is 6. The van der Waals surface area contributed by atoms with Crippen LogP contribution in [0.3, 0.4) is 0 Å². The van der Waals surface area contributed by atoms with Gasteiger partial charge in [0.15, 0.2) is 0 Å². The third-order valence-corrected chi connectivity index (χ3v) is 6.55. The Balaban J connectivity index is 1.34. The number of hydrazone groups is 1. The molecule has 2 aromatic carbocycles. The Hall–Kier alpha value is -4.38. The Bertz CT molecular complexity index is 1340. The lowest BCUT2D eigenvalue weighted by Gasteiger charge is -2.37. The number of carbonyl (C=O) groups excluding carboxylic acids is 3. The second-order valence-corrected chi connectivity index (χ2v) is 9.61. The molecule has 2 amide bonds. The summed E-state index contributed by atoms with van der Waals surface area (Å²) < 4.78 is 76.5. The summed E-state index contributed by atoms with van der Waals surface area (Å²) in [6.07, 6.45) is -9.75. The molecule has 0 spiro atoms. The molecule has 2 aliphatic heterocycles. The first-order chi connectivity index (χ1) is 20.2. The van der Waals surface area contributed by atoms with Gasteiger partial charge in [-0.1, -0.05) is 52.7 Å². The number of benzene rings is 2. The van der Waals surface area contributed by atoms with Crippen LogP contribution in [0.4, 0.5) is 32.0 Å². The van der Waals surface area contributed by atoms with Gasteiger partial charge in [-0.25, -0.2) is 4.79 Å². The number of piperidine rings is 1. The highest BCUT2D eigenvalue weighted by Crippen LogP contribution is 2.33. The number of carbonyl (C=O) groups is 3. The molecule has 2 N–H and O–H groups in total. The summed E-state index contributed by atoms with van der Waals surface area (Å²) in [4.78, 5) is 50.3. The molecular formula is C26H25F6N5O6. The smallest absolute Gasteiger partial charge is 0.360 e. The van der Waals surface area contributed by atoms with Crippen molar-refractivity contribution in [3.05, 3.63) is 65.7 Å². The highest BCUT2D eigenvalue weighted by atomic mass is 19.4. The maximum atomic E-state index is 13.1. The van der Waals surface area contributed by atoms with Crippen molar-refractivity contribution in [3.63, 3.8) is 0 Å². The summed E-state index contributed by atoms with van der Waals surface area (Å²) in [6, 6.07) is 12.2. The van der Waals surface area contributed by atoms with Gasteiger partial charge < -0.3 is 15.5 Å². The second kappa shape index (κ2) is 12.9. The summed E-state index contributed by atoms with van der Waals surface area (Å²) in [5.41, 5.74) is 1.49. The monoisotopic (exact) mass is 617 g/mol. The molecule has 4 rings (SSSR count). The number of hydrogen-bond donors (Lipinski definition) is 2. The quantitative estimate of drug-likeness (QED) is 0.341. The Morgan fingerprint density at radius 2 is 1.72 bits per heavy atom. The maximum absolute atomic E-state index is 13.1. The van der Waals surface area contributed by atoms with E-state index in [4.69, 9.17) is 0 Å². The van der Waals surface area contributed by atoms with Crippen molar-refractivity contribution in [1.82, 2.24) is 15.7 Å². The van der Waals surface area contributed by atoms with Crippen molar-refractivity contribution in [2.75, 3.05) is 11.7 Å². The summed E-state index contributed by atoms with van der Waals surface area (Å²) in [7, 11) is 0. The van der Waals surface area contributed by atoms with E-state index in [9.17, 15) is 40.7 Å². The van der Waals surface area contributed by atoms with Gasteiger partial charge in [-0.05, 0) is 53.9 Å². The Morgan fingerprint density at radius 1 is 1.05 bits per heavy atom. The van der Waals surface area contributed by atoms with Gasteiger partial charge in [0.1, 0.15) is 12.1 Å². The lowest BCUT2D eigenvalue weighted by Crippen LogP contribution is -2.55. The van der Waals surface area contributed by atoms with Gasteiger partial charge in [0, 0.05) is 13.1 Å². The number of anilines is 1. The molecule has 0 bridgehead atoms. The van der Waals surface area contributed by atoms with Crippen LogP contribution in [-0.4, -0.2) is 59.7 Å². The van der Waals surface area contributed by atoms with Gasteiger partial charge in [0.25, 0.3) is 0 Å². The first-order valence-corrected chi connectivity index (χ1v) is 12.8. The van der Waals surface area contributed by atoms with Crippen molar-refractivity contribution in [3.8, 4) is 0 Å². The lowest BCUT2D eigenvalue weighted by atomic mass is 9.86. The second-order valence-electron chi connectivity index (χ2n) is 9.61. The average Bonchev–Trinajstić information content (AvgIpc) is 3.47. The molecule has 11 nitrogen and oxygen atoms in total. The van der Waals surface area contributed by atoms with E-state index in [0.717, 1.165) is 5.56 Å². The fourth-order valence-corrected chi connectivity index (χ4v) is 4.33. The Labute approximate surface area is 240 Å². The van der Waals surface area contributed by atoms with E-state index in [-0.39, 0.29) is 31.1 Å². The number of amides is 2. The van der Waals surface area contributed by atoms with Gasteiger partial charge in [0.05, 0.1) is 5.69 Å². The fraction of sp³-hybridized carbons (Fsp3) is 0.385.